The van der Waals surface area contributed by atoms with E-state index in [1.54, 1.807) is 11.8 Å². The molecule has 2 rings (SSSR count). The highest BCUT2D eigenvalue weighted by Crippen LogP contribution is 2.18. The smallest absolute Gasteiger partial charge is 0.310 e. The summed E-state index contributed by atoms with van der Waals surface area (Å²) < 4.78 is 5.09. The second kappa shape index (κ2) is 10.2. The number of aliphatic hydroxyl groups is 1. The van der Waals surface area contributed by atoms with Gasteiger partial charge in [0.1, 0.15) is 0 Å². The van der Waals surface area contributed by atoms with E-state index in [1.165, 1.54) is 0 Å². The lowest BCUT2D eigenvalue weighted by Gasteiger charge is -2.33. The summed E-state index contributed by atoms with van der Waals surface area (Å²) in [5, 5.41) is 9.28. The fourth-order valence-electron chi connectivity index (χ4n) is 3.14. The predicted molar refractivity (Wildman–Crippen MR) is 94.7 cm³/mol. The molecular formula is C19H28N2O4. The summed E-state index contributed by atoms with van der Waals surface area (Å²) >= 11 is 0. The third kappa shape index (κ3) is 6.14. The normalized spacial score (nSPS) is 17.6. The second-order valence-corrected chi connectivity index (χ2v) is 6.35. The Balaban J connectivity index is 1.92. The molecule has 0 radical (unpaired) electrons. The Morgan fingerprint density at radius 1 is 1.32 bits per heavy atom. The van der Waals surface area contributed by atoms with Gasteiger partial charge in [0.25, 0.3) is 0 Å². The molecule has 1 heterocycles. The van der Waals surface area contributed by atoms with Crippen molar-refractivity contribution in [2.75, 3.05) is 39.4 Å². The third-order valence-corrected chi connectivity index (χ3v) is 4.42. The molecule has 0 unspecified atom stereocenters. The molecule has 0 bridgehead atoms. The van der Waals surface area contributed by atoms with Crippen molar-refractivity contribution >= 4 is 11.9 Å². The number of nitrogens with zero attached hydrogens (tertiary/aromatic N) is 2. The van der Waals surface area contributed by atoms with Crippen LogP contribution in [0.5, 0.6) is 0 Å². The fourth-order valence-corrected chi connectivity index (χ4v) is 3.14. The Kier molecular flexibility index (Phi) is 7.88. The highest BCUT2D eigenvalue weighted by atomic mass is 16.5. The maximum absolute atomic E-state index is 12.7. The first-order valence-electron chi connectivity index (χ1n) is 8.95. The minimum absolute atomic E-state index is 0.00150. The van der Waals surface area contributed by atoms with E-state index in [9.17, 15) is 14.7 Å². The molecule has 1 aromatic carbocycles. The molecule has 1 aromatic rings. The van der Waals surface area contributed by atoms with Crippen LogP contribution in [0.2, 0.25) is 0 Å². The first kappa shape index (κ1) is 19.4. The van der Waals surface area contributed by atoms with Crippen LogP contribution >= 0.6 is 0 Å². The number of piperidine rings is 1. The summed E-state index contributed by atoms with van der Waals surface area (Å²) in [7, 11) is 0. The second-order valence-electron chi connectivity index (χ2n) is 6.35. The molecule has 1 atom stereocenters. The maximum atomic E-state index is 12.7. The highest BCUT2D eigenvalue weighted by molar-refractivity contribution is 5.80. The van der Waals surface area contributed by atoms with E-state index in [1.807, 2.05) is 35.2 Å². The molecule has 0 saturated carbocycles. The van der Waals surface area contributed by atoms with E-state index in [0.717, 1.165) is 18.4 Å². The molecular weight excluding hydrogens is 320 g/mol. The SMILES string of the molecule is CCOC(=O)[C@@H]1CCCN(C(=O)CN(CCO)Cc2ccccc2)C1. The number of likely N-dealkylation sites (tertiary alicyclic amines) is 1. The molecule has 6 heteroatoms. The van der Waals surface area contributed by atoms with Gasteiger partial charge < -0.3 is 14.7 Å². The molecule has 6 nitrogen and oxygen atoms in total. The minimum Gasteiger partial charge on any atom is -0.466 e. The number of ether oxygens (including phenoxy) is 1. The molecule has 0 aliphatic carbocycles. The number of amides is 1. The van der Waals surface area contributed by atoms with Crippen LogP contribution in [0.1, 0.15) is 25.3 Å². The Bertz CT molecular complexity index is 550. The zero-order valence-corrected chi connectivity index (χ0v) is 14.9. The van der Waals surface area contributed by atoms with Gasteiger partial charge in [0.15, 0.2) is 0 Å². The van der Waals surface area contributed by atoms with Crippen molar-refractivity contribution in [3.8, 4) is 0 Å². The zero-order chi connectivity index (χ0) is 18.1. The van der Waals surface area contributed by atoms with Crippen molar-refractivity contribution in [3.63, 3.8) is 0 Å². The number of hydrogen-bond acceptors (Lipinski definition) is 5. The summed E-state index contributed by atoms with van der Waals surface area (Å²) in [5.41, 5.74) is 1.10. The largest absolute Gasteiger partial charge is 0.466 e. The third-order valence-electron chi connectivity index (χ3n) is 4.42. The van der Waals surface area contributed by atoms with Gasteiger partial charge >= 0.3 is 5.97 Å². The van der Waals surface area contributed by atoms with Gasteiger partial charge in [0.2, 0.25) is 5.91 Å². The standard InChI is InChI=1S/C19H28N2O4/c1-2-25-19(24)17-9-6-10-21(14-17)18(23)15-20(11-12-22)13-16-7-4-3-5-8-16/h3-5,7-8,17,22H,2,6,9-15H2,1H3/t17-/m1/s1. The van der Waals surface area contributed by atoms with Gasteiger partial charge in [-0.05, 0) is 25.3 Å². The van der Waals surface area contributed by atoms with Crippen molar-refractivity contribution < 1.29 is 19.4 Å². The number of aliphatic hydroxyl groups excluding tert-OH is 1. The quantitative estimate of drug-likeness (QED) is 0.717. The molecule has 0 spiro atoms. The Morgan fingerprint density at radius 3 is 2.76 bits per heavy atom. The van der Waals surface area contributed by atoms with E-state index in [2.05, 4.69) is 0 Å². The molecule has 1 amide bonds. The topological polar surface area (TPSA) is 70.1 Å². The van der Waals surface area contributed by atoms with Crippen LogP contribution in [0.4, 0.5) is 0 Å². The Morgan fingerprint density at radius 2 is 2.08 bits per heavy atom. The van der Waals surface area contributed by atoms with E-state index in [0.29, 0.717) is 32.8 Å². The van der Waals surface area contributed by atoms with Gasteiger partial charge in [-0.1, -0.05) is 30.3 Å². The molecule has 1 aliphatic rings. The van der Waals surface area contributed by atoms with Crippen molar-refractivity contribution in [1.29, 1.82) is 0 Å². The highest BCUT2D eigenvalue weighted by Gasteiger charge is 2.29. The van der Waals surface area contributed by atoms with Crippen molar-refractivity contribution in [3.05, 3.63) is 35.9 Å². The Hall–Kier alpha value is -1.92. The predicted octanol–water partition coefficient (Wildman–Crippen LogP) is 1.28. The molecule has 0 aromatic heterocycles. The zero-order valence-electron chi connectivity index (χ0n) is 14.9. The van der Waals surface area contributed by atoms with Crippen LogP contribution in [0, 0.1) is 5.92 Å². The molecule has 1 saturated heterocycles. The van der Waals surface area contributed by atoms with Crippen LogP contribution in [-0.2, 0) is 20.9 Å². The van der Waals surface area contributed by atoms with Gasteiger partial charge in [0.05, 0.1) is 25.7 Å². The summed E-state index contributed by atoms with van der Waals surface area (Å²) in [6.45, 7) is 4.56. The van der Waals surface area contributed by atoms with Crippen LogP contribution in [0.25, 0.3) is 0 Å². The van der Waals surface area contributed by atoms with Gasteiger partial charge in [-0.2, -0.15) is 0 Å². The van der Waals surface area contributed by atoms with E-state index >= 15 is 0 Å². The summed E-state index contributed by atoms with van der Waals surface area (Å²) in [4.78, 5) is 28.3. The van der Waals surface area contributed by atoms with Crippen molar-refractivity contribution in [2.24, 2.45) is 5.92 Å². The molecule has 1 N–H and O–H groups in total. The lowest BCUT2D eigenvalue weighted by molar-refractivity contribution is -0.151. The molecule has 25 heavy (non-hydrogen) atoms. The van der Waals surface area contributed by atoms with E-state index < -0.39 is 0 Å². The molecule has 1 aliphatic heterocycles. The maximum Gasteiger partial charge on any atom is 0.310 e. The lowest BCUT2D eigenvalue weighted by Crippen LogP contribution is -2.47. The van der Waals surface area contributed by atoms with Crippen LogP contribution < -0.4 is 0 Å². The van der Waals surface area contributed by atoms with Gasteiger partial charge in [-0.15, -0.1) is 0 Å². The number of hydrogen-bond donors (Lipinski definition) is 1. The monoisotopic (exact) mass is 348 g/mol. The first-order valence-corrected chi connectivity index (χ1v) is 8.95. The van der Waals surface area contributed by atoms with Gasteiger partial charge in [0, 0.05) is 26.2 Å². The van der Waals surface area contributed by atoms with E-state index in [-0.39, 0.29) is 30.9 Å². The van der Waals surface area contributed by atoms with Gasteiger partial charge in [-0.3, -0.25) is 14.5 Å². The fraction of sp³-hybridized carbons (Fsp3) is 0.579. The number of benzene rings is 1. The number of rotatable bonds is 8. The summed E-state index contributed by atoms with van der Waals surface area (Å²) in [6.07, 6.45) is 1.58. The van der Waals surface area contributed by atoms with Crippen molar-refractivity contribution in [2.45, 2.75) is 26.3 Å². The lowest BCUT2D eigenvalue weighted by atomic mass is 9.98. The molecule has 1 fully saturated rings. The number of carbonyl (C=O) groups is 2. The first-order chi connectivity index (χ1) is 12.1. The summed E-state index contributed by atoms with van der Waals surface area (Å²) in [5.74, 6) is -0.437. The van der Waals surface area contributed by atoms with Gasteiger partial charge in [-0.25, -0.2) is 0 Å². The number of esters is 1. The average molecular weight is 348 g/mol. The number of carbonyl (C=O) groups excluding carboxylic acids is 2. The minimum atomic E-state index is -0.224. The van der Waals surface area contributed by atoms with Crippen LogP contribution in [0.15, 0.2) is 30.3 Å². The molecule has 138 valence electrons. The van der Waals surface area contributed by atoms with E-state index in [4.69, 9.17) is 4.74 Å². The average Bonchev–Trinajstić information content (AvgIpc) is 2.63. The van der Waals surface area contributed by atoms with Crippen LogP contribution in [-0.4, -0.2) is 66.2 Å². The van der Waals surface area contributed by atoms with Crippen molar-refractivity contribution in [1.82, 2.24) is 9.80 Å². The summed E-state index contributed by atoms with van der Waals surface area (Å²) in [6, 6.07) is 9.89. The van der Waals surface area contributed by atoms with Crippen LogP contribution in [0.3, 0.4) is 0 Å². The Labute approximate surface area is 149 Å².